The number of benzene rings is 1. The smallest absolute Gasteiger partial charge is 0.244 e. The predicted octanol–water partition coefficient (Wildman–Crippen LogP) is 3.32. The fourth-order valence-electron chi connectivity index (χ4n) is 1.68. The first-order valence-electron chi connectivity index (χ1n) is 5.71. The lowest BCUT2D eigenvalue weighted by atomic mass is 10.3. The number of sulfonamides is 1. The van der Waals surface area contributed by atoms with E-state index in [2.05, 4.69) is 20.9 Å². The molecule has 0 fully saturated rings. The fourth-order valence-corrected chi connectivity index (χ4v) is 3.85. The molecule has 0 aliphatic carbocycles. The zero-order chi connectivity index (χ0) is 14.8. The van der Waals surface area contributed by atoms with Crippen LogP contribution in [0, 0.1) is 0 Å². The number of rotatable bonds is 4. The van der Waals surface area contributed by atoms with Gasteiger partial charge in [-0.25, -0.2) is 8.42 Å². The number of hydrogen-bond acceptors (Lipinski definition) is 3. The highest BCUT2D eigenvalue weighted by Crippen LogP contribution is 2.27. The summed E-state index contributed by atoms with van der Waals surface area (Å²) < 4.78 is 27.0. The lowest BCUT2D eigenvalue weighted by Crippen LogP contribution is -2.26. The molecule has 0 saturated carbocycles. The van der Waals surface area contributed by atoms with Gasteiger partial charge in [0.25, 0.3) is 0 Å². The van der Waals surface area contributed by atoms with Crippen LogP contribution in [0.3, 0.4) is 0 Å². The molecular weight excluding hydrogens is 364 g/mol. The van der Waals surface area contributed by atoms with E-state index < -0.39 is 10.0 Å². The molecule has 1 heterocycles. The van der Waals surface area contributed by atoms with E-state index in [1.54, 1.807) is 36.7 Å². The van der Waals surface area contributed by atoms with Gasteiger partial charge in [-0.3, -0.25) is 4.98 Å². The Balaban J connectivity index is 2.30. The Labute approximate surface area is 131 Å². The van der Waals surface area contributed by atoms with Gasteiger partial charge in [-0.05, 0) is 35.9 Å². The first-order valence-corrected chi connectivity index (χ1v) is 8.32. The largest absolute Gasteiger partial charge is 0.265 e. The van der Waals surface area contributed by atoms with Gasteiger partial charge < -0.3 is 0 Å². The predicted molar refractivity (Wildman–Crippen MR) is 82.0 cm³/mol. The van der Waals surface area contributed by atoms with Crippen LogP contribution in [0.4, 0.5) is 0 Å². The first-order chi connectivity index (χ1) is 9.41. The van der Waals surface area contributed by atoms with Crippen molar-refractivity contribution < 1.29 is 8.42 Å². The van der Waals surface area contributed by atoms with E-state index in [1.807, 2.05) is 0 Å². The number of aromatic nitrogens is 1. The number of hydrogen-bond donors (Lipinski definition) is 0. The molecule has 0 spiro atoms. The van der Waals surface area contributed by atoms with E-state index >= 15 is 0 Å². The van der Waals surface area contributed by atoms with E-state index in [9.17, 15) is 8.42 Å². The number of pyridine rings is 1. The van der Waals surface area contributed by atoms with Crippen molar-refractivity contribution in [3.63, 3.8) is 0 Å². The van der Waals surface area contributed by atoms with Crippen molar-refractivity contribution in [3.05, 3.63) is 57.8 Å². The highest BCUT2D eigenvalue weighted by atomic mass is 79.9. The van der Waals surface area contributed by atoms with Crippen LogP contribution in [0.2, 0.25) is 5.02 Å². The Bertz CT molecular complexity index is 708. The third kappa shape index (κ3) is 3.38. The maximum absolute atomic E-state index is 12.5. The van der Waals surface area contributed by atoms with Crippen LogP contribution in [-0.4, -0.2) is 24.8 Å². The molecule has 0 aliphatic rings. The summed E-state index contributed by atoms with van der Waals surface area (Å²) >= 11 is 9.27. The standard InChI is InChI=1S/C13H12BrClN2O2S/c1-17(9-10-4-6-16-7-5-10)20(18,19)13-3-2-11(14)8-12(13)15/h2-8H,9H2,1H3. The minimum atomic E-state index is -3.62. The molecule has 1 aromatic carbocycles. The maximum atomic E-state index is 12.5. The maximum Gasteiger partial charge on any atom is 0.244 e. The lowest BCUT2D eigenvalue weighted by Gasteiger charge is -2.18. The van der Waals surface area contributed by atoms with E-state index in [-0.39, 0.29) is 16.5 Å². The highest BCUT2D eigenvalue weighted by Gasteiger charge is 2.23. The zero-order valence-electron chi connectivity index (χ0n) is 10.6. The van der Waals surface area contributed by atoms with Crippen molar-refractivity contribution in [1.29, 1.82) is 0 Å². The quantitative estimate of drug-likeness (QED) is 0.823. The second kappa shape index (κ2) is 6.22. The molecule has 4 nitrogen and oxygen atoms in total. The molecule has 2 aromatic rings. The van der Waals surface area contributed by atoms with E-state index in [0.717, 1.165) is 10.0 Å². The van der Waals surface area contributed by atoms with Gasteiger partial charge in [-0.2, -0.15) is 4.31 Å². The van der Waals surface area contributed by atoms with Crippen molar-refractivity contribution in [2.45, 2.75) is 11.4 Å². The molecule has 1 aromatic heterocycles. The van der Waals surface area contributed by atoms with Crippen LogP contribution in [0.1, 0.15) is 5.56 Å². The zero-order valence-corrected chi connectivity index (χ0v) is 13.8. The summed E-state index contributed by atoms with van der Waals surface area (Å²) in [4.78, 5) is 4.00. The molecule has 0 bridgehead atoms. The molecular formula is C13H12BrClN2O2S. The molecule has 106 valence electrons. The van der Waals surface area contributed by atoms with Gasteiger partial charge in [-0.15, -0.1) is 0 Å². The average Bonchev–Trinajstić information content (AvgIpc) is 2.39. The minimum absolute atomic E-state index is 0.0962. The number of halogens is 2. The van der Waals surface area contributed by atoms with Crippen LogP contribution in [0.25, 0.3) is 0 Å². The highest BCUT2D eigenvalue weighted by molar-refractivity contribution is 9.10. The van der Waals surface area contributed by atoms with Crippen LogP contribution in [0.5, 0.6) is 0 Å². The van der Waals surface area contributed by atoms with Crippen molar-refractivity contribution in [1.82, 2.24) is 9.29 Å². The van der Waals surface area contributed by atoms with Crippen molar-refractivity contribution >= 4 is 37.6 Å². The summed E-state index contributed by atoms with van der Waals surface area (Å²) in [6.07, 6.45) is 3.25. The van der Waals surface area contributed by atoms with Crippen LogP contribution in [-0.2, 0) is 16.6 Å². The lowest BCUT2D eigenvalue weighted by molar-refractivity contribution is 0.466. The second-order valence-corrected chi connectivity index (χ2v) is 7.53. The van der Waals surface area contributed by atoms with Gasteiger partial charge in [0.1, 0.15) is 4.90 Å². The Morgan fingerprint density at radius 3 is 2.50 bits per heavy atom. The molecule has 0 atom stereocenters. The summed E-state index contributed by atoms with van der Waals surface area (Å²) in [6.45, 7) is 0.261. The Morgan fingerprint density at radius 2 is 1.90 bits per heavy atom. The molecule has 20 heavy (non-hydrogen) atoms. The monoisotopic (exact) mass is 374 g/mol. The van der Waals surface area contributed by atoms with Crippen LogP contribution in [0.15, 0.2) is 52.1 Å². The second-order valence-electron chi connectivity index (χ2n) is 4.19. The van der Waals surface area contributed by atoms with Gasteiger partial charge in [0, 0.05) is 30.5 Å². The molecule has 0 N–H and O–H groups in total. The van der Waals surface area contributed by atoms with Crippen molar-refractivity contribution in [3.8, 4) is 0 Å². The summed E-state index contributed by atoms with van der Waals surface area (Å²) in [5.74, 6) is 0. The van der Waals surface area contributed by atoms with E-state index in [0.29, 0.717) is 0 Å². The molecule has 0 amide bonds. The van der Waals surface area contributed by atoms with Gasteiger partial charge in [0.2, 0.25) is 10.0 Å². The molecule has 7 heteroatoms. The van der Waals surface area contributed by atoms with Crippen LogP contribution < -0.4 is 0 Å². The topological polar surface area (TPSA) is 50.3 Å². The third-order valence-corrected chi connectivity index (χ3v) is 5.52. The molecule has 0 radical (unpaired) electrons. The number of nitrogens with zero attached hydrogens (tertiary/aromatic N) is 2. The molecule has 0 saturated heterocycles. The summed E-state index contributed by atoms with van der Waals surface area (Å²) in [6, 6.07) is 8.25. The van der Waals surface area contributed by atoms with Gasteiger partial charge in [-0.1, -0.05) is 27.5 Å². The van der Waals surface area contributed by atoms with Crippen LogP contribution >= 0.6 is 27.5 Å². The summed E-state index contributed by atoms with van der Waals surface area (Å²) in [5.41, 5.74) is 0.860. The Morgan fingerprint density at radius 1 is 1.25 bits per heavy atom. The molecule has 0 unspecified atom stereocenters. The fraction of sp³-hybridized carbons (Fsp3) is 0.154. The average molecular weight is 376 g/mol. The van der Waals surface area contributed by atoms with Gasteiger partial charge >= 0.3 is 0 Å². The minimum Gasteiger partial charge on any atom is -0.265 e. The van der Waals surface area contributed by atoms with Crippen molar-refractivity contribution in [2.24, 2.45) is 0 Å². The molecule has 0 aliphatic heterocycles. The van der Waals surface area contributed by atoms with E-state index in [4.69, 9.17) is 11.6 Å². The Hall–Kier alpha value is -0.950. The first kappa shape index (κ1) is 15.4. The van der Waals surface area contributed by atoms with E-state index in [1.165, 1.54) is 17.4 Å². The SMILES string of the molecule is CN(Cc1ccncc1)S(=O)(=O)c1ccc(Br)cc1Cl. The van der Waals surface area contributed by atoms with Gasteiger partial charge in [0.15, 0.2) is 0 Å². The van der Waals surface area contributed by atoms with Crippen molar-refractivity contribution in [2.75, 3.05) is 7.05 Å². The third-order valence-electron chi connectivity index (χ3n) is 2.74. The normalized spacial score (nSPS) is 11.8. The Kier molecular flexibility index (Phi) is 4.80. The summed E-state index contributed by atoms with van der Waals surface area (Å²) in [7, 11) is -2.10. The molecule has 2 rings (SSSR count). The van der Waals surface area contributed by atoms with Gasteiger partial charge in [0.05, 0.1) is 5.02 Å². The summed E-state index contributed by atoms with van der Waals surface area (Å²) in [5, 5.41) is 0.195.